The minimum Gasteiger partial charge on any atom is -0.358 e. The summed E-state index contributed by atoms with van der Waals surface area (Å²) >= 11 is 8.94. The summed E-state index contributed by atoms with van der Waals surface area (Å²) in [7, 11) is 0. The van der Waals surface area contributed by atoms with Crippen LogP contribution in [0, 0.1) is 27.2 Å². The molecule has 0 aliphatic rings. The largest absolute Gasteiger partial charge is 0.404 e. The smallest absolute Gasteiger partial charge is 0.358 e. The van der Waals surface area contributed by atoms with Crippen LogP contribution in [0.2, 0.25) is 5.02 Å². The van der Waals surface area contributed by atoms with E-state index in [9.17, 15) is 25.0 Å². The van der Waals surface area contributed by atoms with Crippen LogP contribution in [0.25, 0.3) is 0 Å². The third-order valence-corrected chi connectivity index (χ3v) is 4.28. The molecule has 0 aliphatic heterocycles. The Balaban J connectivity index is 2.20. The van der Waals surface area contributed by atoms with E-state index >= 15 is 0 Å². The van der Waals surface area contributed by atoms with Crippen molar-refractivity contribution in [2.45, 2.75) is 13.5 Å². The molecule has 0 fully saturated rings. The molecule has 0 bridgehead atoms. The number of carbonyl (C=O) groups is 1. The van der Waals surface area contributed by atoms with Crippen molar-refractivity contribution in [2.75, 3.05) is 5.32 Å². The van der Waals surface area contributed by atoms with E-state index in [1.165, 1.54) is 12.1 Å². The lowest BCUT2D eigenvalue weighted by molar-refractivity contribution is -0.390. The van der Waals surface area contributed by atoms with Crippen molar-refractivity contribution in [3.63, 3.8) is 0 Å². The van der Waals surface area contributed by atoms with Gasteiger partial charge in [-0.15, -0.1) is 0 Å². The van der Waals surface area contributed by atoms with Gasteiger partial charge in [0.15, 0.2) is 0 Å². The van der Waals surface area contributed by atoms with Crippen LogP contribution in [0.1, 0.15) is 5.69 Å². The molecule has 0 atom stereocenters. The normalized spacial score (nSPS) is 10.5. The molecule has 0 saturated carbocycles. The minimum atomic E-state index is -0.678. The van der Waals surface area contributed by atoms with Gasteiger partial charge in [-0.25, -0.2) is 0 Å². The molecule has 1 N–H and O–H groups in total. The van der Waals surface area contributed by atoms with Crippen molar-refractivity contribution < 1.29 is 14.6 Å². The Morgan fingerprint density at radius 2 is 2.04 bits per heavy atom. The van der Waals surface area contributed by atoms with E-state index in [4.69, 9.17) is 11.6 Å². The number of aromatic nitrogens is 2. The average Bonchev–Trinajstić information content (AvgIpc) is 2.77. The second-order valence-corrected chi connectivity index (χ2v) is 5.81. The van der Waals surface area contributed by atoms with Gasteiger partial charge in [-0.1, -0.05) is 11.6 Å². The summed E-state index contributed by atoms with van der Waals surface area (Å²) in [4.78, 5) is 32.4. The van der Waals surface area contributed by atoms with Crippen molar-refractivity contribution in [2.24, 2.45) is 0 Å². The molecule has 12 heteroatoms. The number of benzene rings is 1. The Morgan fingerprint density at radius 3 is 2.58 bits per heavy atom. The Bertz CT molecular complexity index is 853. The summed E-state index contributed by atoms with van der Waals surface area (Å²) < 4.78 is 1.32. The Labute approximate surface area is 147 Å². The molecule has 0 unspecified atom stereocenters. The van der Waals surface area contributed by atoms with E-state index in [0.29, 0.717) is 5.69 Å². The lowest BCUT2D eigenvalue weighted by atomic mass is 10.2. The standard InChI is InChI=1S/C12H9BrClN5O5/c1-6-11(13)12(19(23)24)16-17(6)5-10(20)15-9-4-7(18(21)22)2-3-8(9)14/h2-4H,5H2,1H3,(H,15,20). The van der Waals surface area contributed by atoms with Gasteiger partial charge in [0.05, 0.1) is 26.4 Å². The van der Waals surface area contributed by atoms with E-state index in [1.54, 1.807) is 6.92 Å². The second-order valence-electron chi connectivity index (χ2n) is 4.61. The highest BCUT2D eigenvalue weighted by Gasteiger charge is 2.24. The predicted molar refractivity (Wildman–Crippen MR) is 88.1 cm³/mol. The van der Waals surface area contributed by atoms with Gasteiger partial charge in [0.2, 0.25) is 5.91 Å². The number of anilines is 1. The maximum absolute atomic E-state index is 12.1. The van der Waals surface area contributed by atoms with Crippen LogP contribution < -0.4 is 5.32 Å². The molecule has 0 spiro atoms. The van der Waals surface area contributed by atoms with Gasteiger partial charge in [0, 0.05) is 12.1 Å². The maximum Gasteiger partial charge on any atom is 0.404 e. The van der Waals surface area contributed by atoms with Crippen LogP contribution in [-0.4, -0.2) is 25.5 Å². The van der Waals surface area contributed by atoms with Crippen LogP contribution >= 0.6 is 27.5 Å². The van der Waals surface area contributed by atoms with Crippen LogP contribution in [0.3, 0.4) is 0 Å². The zero-order valence-corrected chi connectivity index (χ0v) is 14.4. The van der Waals surface area contributed by atoms with Crippen molar-refractivity contribution >= 4 is 50.6 Å². The van der Waals surface area contributed by atoms with E-state index in [0.717, 1.165) is 10.7 Å². The molecular weight excluding hydrogens is 410 g/mol. The van der Waals surface area contributed by atoms with Crippen molar-refractivity contribution in [1.82, 2.24) is 9.78 Å². The molecule has 2 aromatic rings. The second kappa shape index (κ2) is 6.93. The minimum absolute atomic E-state index is 0.0641. The molecule has 10 nitrogen and oxygen atoms in total. The van der Waals surface area contributed by atoms with E-state index < -0.39 is 21.6 Å². The summed E-state index contributed by atoms with van der Waals surface area (Å²) in [5.74, 6) is -1.00. The van der Waals surface area contributed by atoms with Gasteiger partial charge in [-0.2, -0.15) is 4.68 Å². The summed E-state index contributed by atoms with van der Waals surface area (Å²) in [6.07, 6.45) is 0. The number of hydrogen-bond acceptors (Lipinski definition) is 6. The number of nitro groups is 2. The molecule has 1 aromatic heterocycles. The van der Waals surface area contributed by atoms with E-state index in [2.05, 4.69) is 26.3 Å². The highest BCUT2D eigenvalue weighted by atomic mass is 79.9. The Hall–Kier alpha value is -2.53. The highest BCUT2D eigenvalue weighted by Crippen LogP contribution is 2.28. The molecule has 0 saturated heterocycles. The molecule has 1 heterocycles. The first-order valence-electron chi connectivity index (χ1n) is 6.31. The number of halogens is 2. The third kappa shape index (κ3) is 3.68. The van der Waals surface area contributed by atoms with Crippen LogP contribution in [0.15, 0.2) is 22.7 Å². The van der Waals surface area contributed by atoms with Crippen molar-refractivity contribution in [3.8, 4) is 0 Å². The molecule has 1 amide bonds. The molecule has 126 valence electrons. The number of hydrogen-bond donors (Lipinski definition) is 1. The van der Waals surface area contributed by atoms with E-state index in [-0.39, 0.29) is 27.4 Å². The zero-order valence-electron chi connectivity index (χ0n) is 12.0. The van der Waals surface area contributed by atoms with Crippen LogP contribution in [0.4, 0.5) is 17.2 Å². The summed E-state index contributed by atoms with van der Waals surface area (Å²) in [5, 5.41) is 27.9. The monoisotopic (exact) mass is 417 g/mol. The Kier molecular flexibility index (Phi) is 5.14. The first-order chi connectivity index (χ1) is 11.2. The summed E-state index contributed by atoms with van der Waals surface area (Å²) in [6.45, 7) is 1.23. The Morgan fingerprint density at radius 1 is 1.38 bits per heavy atom. The molecule has 2 rings (SSSR count). The first kappa shape index (κ1) is 17.8. The number of nitrogens with zero attached hydrogens (tertiary/aromatic N) is 4. The number of carbonyl (C=O) groups excluding carboxylic acids is 1. The van der Waals surface area contributed by atoms with Gasteiger partial charge in [0.25, 0.3) is 5.69 Å². The van der Waals surface area contributed by atoms with Gasteiger partial charge in [0.1, 0.15) is 11.0 Å². The fraction of sp³-hybridized carbons (Fsp3) is 0.167. The first-order valence-corrected chi connectivity index (χ1v) is 7.49. The van der Waals surface area contributed by atoms with Gasteiger partial charge < -0.3 is 15.4 Å². The quantitative estimate of drug-likeness (QED) is 0.586. The molecule has 1 aromatic carbocycles. The number of amides is 1. The summed E-state index contributed by atoms with van der Waals surface area (Å²) in [5.41, 5.74) is 0.222. The van der Waals surface area contributed by atoms with Gasteiger partial charge >= 0.3 is 5.82 Å². The topological polar surface area (TPSA) is 133 Å². The molecule has 0 aliphatic carbocycles. The van der Waals surface area contributed by atoms with E-state index in [1.807, 2.05) is 0 Å². The molecule has 0 radical (unpaired) electrons. The lowest BCUT2D eigenvalue weighted by Gasteiger charge is -2.06. The number of nitrogens with one attached hydrogen (secondary N) is 1. The summed E-state index contributed by atoms with van der Waals surface area (Å²) in [6, 6.07) is 3.61. The van der Waals surface area contributed by atoms with Crippen LogP contribution in [0.5, 0.6) is 0 Å². The van der Waals surface area contributed by atoms with Crippen molar-refractivity contribution in [3.05, 3.63) is 53.6 Å². The number of nitro benzene ring substituents is 1. The molecular formula is C12H9BrClN5O5. The average molecular weight is 419 g/mol. The fourth-order valence-electron chi connectivity index (χ4n) is 1.83. The maximum atomic E-state index is 12.1. The number of non-ortho nitro benzene ring substituents is 1. The van der Waals surface area contributed by atoms with Crippen molar-refractivity contribution in [1.29, 1.82) is 0 Å². The van der Waals surface area contributed by atoms with Crippen LogP contribution in [-0.2, 0) is 11.3 Å². The SMILES string of the molecule is Cc1c(Br)c([N+](=O)[O-])nn1CC(=O)Nc1cc([N+](=O)[O-])ccc1Cl. The number of rotatable bonds is 5. The predicted octanol–water partition coefficient (Wildman–Crippen LogP) is 3.06. The molecule has 24 heavy (non-hydrogen) atoms. The fourth-order valence-corrected chi connectivity index (χ4v) is 2.42. The highest BCUT2D eigenvalue weighted by molar-refractivity contribution is 9.10. The third-order valence-electron chi connectivity index (χ3n) is 3.02. The lowest BCUT2D eigenvalue weighted by Crippen LogP contribution is -2.20. The van der Waals surface area contributed by atoms with Gasteiger partial charge in [-0.05, 0) is 33.8 Å². The zero-order chi connectivity index (χ0) is 18.0. The van der Waals surface area contributed by atoms with Gasteiger partial charge in [-0.3, -0.25) is 14.9 Å².